The molecule has 0 spiro atoms. The third-order valence-electron chi connectivity index (χ3n) is 2.10. The summed E-state index contributed by atoms with van der Waals surface area (Å²) in [4.78, 5) is 10.7. The summed E-state index contributed by atoms with van der Waals surface area (Å²) < 4.78 is 12.8. The van der Waals surface area contributed by atoms with Crippen LogP contribution < -0.4 is 0 Å². The normalized spacial score (nSPS) is 14.4. The SMILES string of the molecule is CC(=O)SCC(O)C(O)c1ccc(F)cc1Cl. The minimum Gasteiger partial charge on any atom is -0.389 e. The van der Waals surface area contributed by atoms with Crippen LogP contribution in [-0.2, 0) is 4.79 Å². The van der Waals surface area contributed by atoms with E-state index in [9.17, 15) is 19.4 Å². The molecule has 0 amide bonds. The molecule has 0 bridgehead atoms. The molecule has 94 valence electrons. The topological polar surface area (TPSA) is 57.5 Å². The summed E-state index contributed by atoms with van der Waals surface area (Å²) >= 11 is 6.65. The molecule has 0 aliphatic rings. The first-order valence-corrected chi connectivity index (χ1v) is 6.22. The standard InChI is InChI=1S/C11H12ClFO3S/c1-6(14)17-5-10(15)11(16)8-3-2-7(13)4-9(8)12/h2-4,10-11,15-16H,5H2,1H3. The largest absolute Gasteiger partial charge is 0.389 e. The molecule has 0 aromatic heterocycles. The van der Waals surface area contributed by atoms with Gasteiger partial charge in [-0.25, -0.2) is 4.39 Å². The van der Waals surface area contributed by atoms with Crippen molar-refractivity contribution >= 4 is 28.5 Å². The quantitative estimate of drug-likeness (QED) is 0.886. The molecule has 1 aromatic carbocycles. The maximum absolute atomic E-state index is 12.8. The van der Waals surface area contributed by atoms with Gasteiger partial charge in [-0.2, -0.15) is 0 Å². The fourth-order valence-electron chi connectivity index (χ4n) is 1.24. The van der Waals surface area contributed by atoms with Gasteiger partial charge in [0, 0.05) is 23.3 Å². The van der Waals surface area contributed by atoms with Crippen LogP contribution in [0.5, 0.6) is 0 Å². The number of rotatable bonds is 4. The molecule has 6 heteroatoms. The van der Waals surface area contributed by atoms with Crippen LogP contribution in [0.3, 0.4) is 0 Å². The predicted octanol–water partition coefficient (Wildman–Crippen LogP) is 2.15. The van der Waals surface area contributed by atoms with Gasteiger partial charge in [0.2, 0.25) is 0 Å². The fraction of sp³-hybridized carbons (Fsp3) is 0.364. The van der Waals surface area contributed by atoms with Crippen LogP contribution in [0, 0.1) is 5.82 Å². The summed E-state index contributed by atoms with van der Waals surface area (Å²) in [7, 11) is 0. The van der Waals surface area contributed by atoms with Crippen molar-refractivity contribution in [1.29, 1.82) is 0 Å². The lowest BCUT2D eigenvalue weighted by atomic mass is 10.1. The van der Waals surface area contributed by atoms with Crippen LogP contribution in [0.4, 0.5) is 4.39 Å². The number of aliphatic hydroxyl groups is 2. The van der Waals surface area contributed by atoms with Gasteiger partial charge in [0.15, 0.2) is 5.12 Å². The van der Waals surface area contributed by atoms with Crippen molar-refractivity contribution in [2.45, 2.75) is 19.1 Å². The summed E-state index contributed by atoms with van der Waals surface area (Å²) in [5, 5.41) is 19.3. The molecule has 2 N–H and O–H groups in total. The second-order valence-electron chi connectivity index (χ2n) is 3.48. The molecular weight excluding hydrogens is 267 g/mol. The lowest BCUT2D eigenvalue weighted by Crippen LogP contribution is -2.21. The van der Waals surface area contributed by atoms with Crippen LogP contribution in [0.1, 0.15) is 18.6 Å². The number of hydrogen-bond acceptors (Lipinski definition) is 4. The lowest BCUT2D eigenvalue weighted by Gasteiger charge is -2.18. The van der Waals surface area contributed by atoms with Gasteiger partial charge in [0.25, 0.3) is 0 Å². The maximum atomic E-state index is 12.8. The van der Waals surface area contributed by atoms with E-state index in [0.717, 1.165) is 23.9 Å². The van der Waals surface area contributed by atoms with Crippen molar-refractivity contribution < 1.29 is 19.4 Å². The Balaban J connectivity index is 2.74. The Hall–Kier alpha value is -0.620. The number of halogens is 2. The van der Waals surface area contributed by atoms with Crippen molar-refractivity contribution in [2.24, 2.45) is 0 Å². The molecule has 1 rings (SSSR count). The summed E-state index contributed by atoms with van der Waals surface area (Å²) in [6.45, 7) is 1.37. The Labute approximate surface area is 108 Å². The molecule has 2 unspecified atom stereocenters. The van der Waals surface area contributed by atoms with Crippen molar-refractivity contribution in [1.82, 2.24) is 0 Å². The molecule has 0 aliphatic heterocycles. The number of aliphatic hydroxyl groups excluding tert-OH is 2. The van der Waals surface area contributed by atoms with Crippen LogP contribution in [0.2, 0.25) is 5.02 Å². The third-order valence-corrected chi connectivity index (χ3v) is 3.35. The molecule has 3 nitrogen and oxygen atoms in total. The molecule has 2 atom stereocenters. The fourth-order valence-corrected chi connectivity index (χ4v) is 2.11. The Morgan fingerprint density at radius 2 is 2.18 bits per heavy atom. The smallest absolute Gasteiger partial charge is 0.185 e. The minimum atomic E-state index is -1.24. The van der Waals surface area contributed by atoms with Crippen LogP contribution in [0.15, 0.2) is 18.2 Å². The first kappa shape index (κ1) is 14.4. The zero-order valence-corrected chi connectivity index (χ0v) is 10.6. The average molecular weight is 279 g/mol. The molecule has 0 aliphatic carbocycles. The summed E-state index contributed by atoms with van der Waals surface area (Å²) in [5.41, 5.74) is 0.240. The number of hydrogen-bond donors (Lipinski definition) is 2. The molecule has 0 heterocycles. The predicted molar refractivity (Wildman–Crippen MR) is 65.5 cm³/mol. The van der Waals surface area contributed by atoms with E-state index in [1.165, 1.54) is 13.0 Å². The van der Waals surface area contributed by atoms with Gasteiger partial charge < -0.3 is 10.2 Å². The molecular formula is C11H12ClFO3S. The Morgan fingerprint density at radius 1 is 1.53 bits per heavy atom. The van der Waals surface area contributed by atoms with E-state index in [1.807, 2.05) is 0 Å². The first-order chi connectivity index (χ1) is 7.91. The zero-order chi connectivity index (χ0) is 13.0. The summed E-state index contributed by atoms with van der Waals surface area (Å²) in [6.07, 6.45) is -2.37. The van der Waals surface area contributed by atoms with Crippen LogP contribution in [-0.4, -0.2) is 27.2 Å². The molecule has 17 heavy (non-hydrogen) atoms. The third kappa shape index (κ3) is 4.27. The van der Waals surface area contributed by atoms with Crippen molar-refractivity contribution in [3.05, 3.63) is 34.6 Å². The molecule has 0 radical (unpaired) electrons. The highest BCUT2D eigenvalue weighted by Gasteiger charge is 2.21. The highest BCUT2D eigenvalue weighted by atomic mass is 35.5. The Kier molecular flexibility index (Phi) is 5.39. The Morgan fingerprint density at radius 3 is 2.71 bits per heavy atom. The number of carbonyl (C=O) groups is 1. The second-order valence-corrected chi connectivity index (χ2v) is 5.08. The highest BCUT2D eigenvalue weighted by Crippen LogP contribution is 2.27. The summed E-state index contributed by atoms with van der Waals surface area (Å²) in [5.74, 6) is -0.456. The van der Waals surface area contributed by atoms with E-state index < -0.39 is 18.0 Å². The van der Waals surface area contributed by atoms with Crippen LogP contribution >= 0.6 is 23.4 Å². The number of thioether (sulfide) groups is 1. The van der Waals surface area contributed by atoms with Crippen molar-refractivity contribution in [2.75, 3.05) is 5.75 Å². The zero-order valence-electron chi connectivity index (χ0n) is 9.06. The maximum Gasteiger partial charge on any atom is 0.185 e. The van der Waals surface area contributed by atoms with E-state index in [4.69, 9.17) is 11.6 Å². The molecule has 0 fully saturated rings. The van der Waals surface area contributed by atoms with Gasteiger partial charge in [-0.05, 0) is 12.1 Å². The van der Waals surface area contributed by atoms with Gasteiger partial charge >= 0.3 is 0 Å². The van der Waals surface area contributed by atoms with E-state index in [1.54, 1.807) is 0 Å². The van der Waals surface area contributed by atoms with Gasteiger partial charge in [0.05, 0.1) is 6.10 Å². The van der Waals surface area contributed by atoms with E-state index >= 15 is 0 Å². The first-order valence-electron chi connectivity index (χ1n) is 4.86. The minimum absolute atomic E-state index is 0.0457. The molecule has 1 aromatic rings. The second kappa shape index (κ2) is 6.35. The van der Waals surface area contributed by atoms with E-state index in [-0.39, 0.29) is 21.5 Å². The van der Waals surface area contributed by atoms with Crippen molar-refractivity contribution in [3.63, 3.8) is 0 Å². The lowest BCUT2D eigenvalue weighted by molar-refractivity contribution is -0.109. The van der Waals surface area contributed by atoms with Gasteiger partial charge in [0.1, 0.15) is 11.9 Å². The van der Waals surface area contributed by atoms with E-state index in [2.05, 4.69) is 0 Å². The van der Waals surface area contributed by atoms with Crippen molar-refractivity contribution in [3.8, 4) is 0 Å². The number of benzene rings is 1. The van der Waals surface area contributed by atoms with Gasteiger partial charge in [-0.1, -0.05) is 29.4 Å². The monoisotopic (exact) mass is 278 g/mol. The average Bonchev–Trinajstić information content (AvgIpc) is 2.25. The Bertz CT molecular complexity index is 414. The molecule has 0 saturated heterocycles. The highest BCUT2D eigenvalue weighted by molar-refractivity contribution is 8.13. The van der Waals surface area contributed by atoms with Gasteiger partial charge in [-0.3, -0.25) is 4.79 Å². The summed E-state index contributed by atoms with van der Waals surface area (Å²) in [6, 6.07) is 3.52. The van der Waals surface area contributed by atoms with Crippen LogP contribution in [0.25, 0.3) is 0 Å². The van der Waals surface area contributed by atoms with E-state index in [0.29, 0.717) is 0 Å². The molecule has 0 saturated carbocycles. The van der Waals surface area contributed by atoms with Gasteiger partial charge in [-0.15, -0.1) is 0 Å². The number of carbonyl (C=O) groups excluding carboxylic acids is 1.